The van der Waals surface area contributed by atoms with Gasteiger partial charge in [-0.3, -0.25) is 14.9 Å². The number of nitro groups is 1. The Labute approximate surface area is 140 Å². The van der Waals surface area contributed by atoms with E-state index in [0.29, 0.717) is 17.0 Å². The van der Waals surface area contributed by atoms with E-state index in [0.717, 1.165) is 26.1 Å². The molecule has 0 aliphatic carbocycles. The van der Waals surface area contributed by atoms with Crippen molar-refractivity contribution in [2.75, 3.05) is 32.4 Å². The molecule has 6 nitrogen and oxygen atoms in total. The molecule has 1 amide bonds. The molecule has 7 heteroatoms. The average molecular weight is 337 g/mol. The third-order valence-corrected chi connectivity index (χ3v) is 4.81. The van der Waals surface area contributed by atoms with Crippen molar-refractivity contribution in [3.05, 3.63) is 33.9 Å². The van der Waals surface area contributed by atoms with Crippen molar-refractivity contribution in [3.8, 4) is 0 Å². The van der Waals surface area contributed by atoms with Crippen LogP contribution in [0.5, 0.6) is 0 Å². The lowest BCUT2D eigenvalue weighted by molar-refractivity contribution is -0.387. The van der Waals surface area contributed by atoms with Crippen LogP contribution in [0.15, 0.2) is 23.1 Å². The Hall–Kier alpha value is -1.60. The van der Waals surface area contributed by atoms with E-state index in [4.69, 9.17) is 0 Å². The highest BCUT2D eigenvalue weighted by Gasteiger charge is 2.17. The number of hydrogen-bond donors (Lipinski definition) is 1. The van der Waals surface area contributed by atoms with E-state index in [2.05, 4.69) is 10.2 Å². The number of benzene rings is 1. The molecule has 0 atom stereocenters. The number of nitrogens with zero attached hydrogens (tertiary/aromatic N) is 2. The quantitative estimate of drug-likeness (QED) is 0.358. The Balaban J connectivity index is 1.83. The van der Waals surface area contributed by atoms with E-state index in [1.54, 1.807) is 18.4 Å². The molecule has 126 valence electrons. The maximum Gasteiger partial charge on any atom is 0.283 e. The second kappa shape index (κ2) is 8.88. The van der Waals surface area contributed by atoms with Gasteiger partial charge in [-0.15, -0.1) is 11.8 Å². The summed E-state index contributed by atoms with van der Waals surface area (Å²) in [5.41, 5.74) is 0.325. The molecule has 1 heterocycles. The fourth-order valence-corrected chi connectivity index (χ4v) is 3.31. The highest BCUT2D eigenvalue weighted by Crippen LogP contribution is 2.28. The van der Waals surface area contributed by atoms with Gasteiger partial charge in [-0.25, -0.2) is 0 Å². The maximum absolute atomic E-state index is 12.1. The van der Waals surface area contributed by atoms with Crippen LogP contribution in [0.2, 0.25) is 0 Å². The van der Waals surface area contributed by atoms with Gasteiger partial charge in [0.15, 0.2) is 0 Å². The fourth-order valence-electron chi connectivity index (χ4n) is 2.76. The van der Waals surface area contributed by atoms with E-state index < -0.39 is 4.92 Å². The highest BCUT2D eigenvalue weighted by molar-refractivity contribution is 7.98. The summed E-state index contributed by atoms with van der Waals surface area (Å²) in [5, 5.41) is 13.9. The molecule has 1 fully saturated rings. The first-order valence-electron chi connectivity index (χ1n) is 7.95. The average Bonchev–Trinajstić information content (AvgIpc) is 2.58. The largest absolute Gasteiger partial charge is 0.352 e. The molecular formula is C16H23N3O3S. The molecule has 1 N–H and O–H groups in total. The topological polar surface area (TPSA) is 75.5 Å². The molecule has 1 aliphatic rings. The molecule has 1 aromatic rings. The van der Waals surface area contributed by atoms with Crippen molar-refractivity contribution in [3.63, 3.8) is 0 Å². The summed E-state index contributed by atoms with van der Waals surface area (Å²) in [6.45, 7) is 3.88. The van der Waals surface area contributed by atoms with Gasteiger partial charge in [-0.1, -0.05) is 6.42 Å². The van der Waals surface area contributed by atoms with Gasteiger partial charge < -0.3 is 10.2 Å². The van der Waals surface area contributed by atoms with Gasteiger partial charge in [-0.05, 0) is 57.3 Å². The number of carbonyl (C=O) groups is 1. The van der Waals surface area contributed by atoms with Gasteiger partial charge >= 0.3 is 0 Å². The minimum absolute atomic E-state index is 0.0153. The molecule has 23 heavy (non-hydrogen) atoms. The number of likely N-dealkylation sites (tertiary alicyclic amines) is 1. The van der Waals surface area contributed by atoms with E-state index in [1.807, 2.05) is 0 Å². The Morgan fingerprint density at radius 1 is 1.35 bits per heavy atom. The zero-order valence-corrected chi connectivity index (χ0v) is 14.2. The van der Waals surface area contributed by atoms with Crippen LogP contribution in [0.25, 0.3) is 0 Å². The number of thioether (sulfide) groups is 1. The third-order valence-electron chi connectivity index (χ3n) is 4.02. The van der Waals surface area contributed by atoms with E-state index in [-0.39, 0.29) is 11.6 Å². The summed E-state index contributed by atoms with van der Waals surface area (Å²) in [4.78, 5) is 25.7. The van der Waals surface area contributed by atoms with Crippen LogP contribution in [0.1, 0.15) is 36.0 Å². The number of nitrogens with one attached hydrogen (secondary N) is 1. The monoisotopic (exact) mass is 337 g/mol. The van der Waals surface area contributed by atoms with Crippen LogP contribution < -0.4 is 5.32 Å². The van der Waals surface area contributed by atoms with Gasteiger partial charge in [0.1, 0.15) is 0 Å². The summed E-state index contributed by atoms with van der Waals surface area (Å²) in [5.74, 6) is -0.251. The van der Waals surface area contributed by atoms with Gasteiger partial charge in [0.05, 0.1) is 9.82 Å². The van der Waals surface area contributed by atoms with Crippen molar-refractivity contribution in [1.29, 1.82) is 0 Å². The molecular weight excluding hydrogens is 314 g/mol. The minimum Gasteiger partial charge on any atom is -0.352 e. The summed E-state index contributed by atoms with van der Waals surface area (Å²) >= 11 is 1.30. The number of amides is 1. The van der Waals surface area contributed by atoms with Crippen molar-refractivity contribution >= 4 is 23.4 Å². The van der Waals surface area contributed by atoms with Crippen molar-refractivity contribution in [1.82, 2.24) is 10.2 Å². The number of piperidine rings is 1. The van der Waals surface area contributed by atoms with E-state index in [9.17, 15) is 14.9 Å². The first kappa shape index (κ1) is 17.7. The third kappa shape index (κ3) is 5.21. The van der Waals surface area contributed by atoms with Crippen LogP contribution in [0, 0.1) is 10.1 Å². The SMILES string of the molecule is CSc1ccc(C(=O)NCCCN2CCCCC2)cc1[N+](=O)[O-]. The maximum atomic E-state index is 12.1. The van der Waals surface area contributed by atoms with Crippen LogP contribution >= 0.6 is 11.8 Å². The van der Waals surface area contributed by atoms with Gasteiger partial charge in [0, 0.05) is 18.2 Å². The zero-order chi connectivity index (χ0) is 16.7. The van der Waals surface area contributed by atoms with Crippen LogP contribution in [-0.2, 0) is 0 Å². The summed E-state index contributed by atoms with van der Waals surface area (Å²) in [6.07, 6.45) is 6.52. The fraction of sp³-hybridized carbons (Fsp3) is 0.562. The predicted molar refractivity (Wildman–Crippen MR) is 92.1 cm³/mol. The van der Waals surface area contributed by atoms with Crippen molar-refractivity contribution < 1.29 is 9.72 Å². The van der Waals surface area contributed by atoms with Crippen LogP contribution in [0.3, 0.4) is 0 Å². The Morgan fingerprint density at radius 3 is 2.74 bits per heavy atom. The number of carbonyl (C=O) groups excluding carboxylic acids is 1. The van der Waals surface area contributed by atoms with Gasteiger partial charge in [0.2, 0.25) is 0 Å². The Kier molecular flexibility index (Phi) is 6.85. The van der Waals surface area contributed by atoms with E-state index in [1.165, 1.54) is 37.1 Å². The minimum atomic E-state index is -0.445. The molecule has 0 aromatic heterocycles. The van der Waals surface area contributed by atoms with Crippen molar-refractivity contribution in [2.24, 2.45) is 0 Å². The molecule has 1 aromatic carbocycles. The van der Waals surface area contributed by atoms with Crippen molar-refractivity contribution in [2.45, 2.75) is 30.6 Å². The summed E-state index contributed by atoms with van der Waals surface area (Å²) < 4.78 is 0. The zero-order valence-electron chi connectivity index (χ0n) is 13.4. The van der Waals surface area contributed by atoms with Crippen LogP contribution in [0.4, 0.5) is 5.69 Å². The molecule has 1 aliphatic heterocycles. The van der Waals surface area contributed by atoms with Crippen LogP contribution in [-0.4, -0.2) is 48.2 Å². The summed E-state index contributed by atoms with van der Waals surface area (Å²) in [6, 6.07) is 4.62. The molecule has 0 spiro atoms. The Morgan fingerprint density at radius 2 is 2.09 bits per heavy atom. The number of rotatable bonds is 7. The second-order valence-electron chi connectivity index (χ2n) is 5.66. The predicted octanol–water partition coefficient (Wildman–Crippen LogP) is 2.92. The Bertz CT molecular complexity index is 560. The van der Waals surface area contributed by atoms with Gasteiger partial charge in [-0.2, -0.15) is 0 Å². The number of nitro benzene ring substituents is 1. The molecule has 2 rings (SSSR count). The molecule has 0 radical (unpaired) electrons. The molecule has 1 saturated heterocycles. The smallest absolute Gasteiger partial charge is 0.283 e. The first-order chi connectivity index (χ1) is 11.1. The molecule has 0 unspecified atom stereocenters. The molecule has 0 bridgehead atoms. The number of hydrogen-bond acceptors (Lipinski definition) is 5. The lowest BCUT2D eigenvalue weighted by Crippen LogP contribution is -2.33. The standard InChI is InChI=1S/C16H23N3O3S/c1-23-15-7-6-13(12-14(15)19(21)22)16(20)17-8-5-11-18-9-3-2-4-10-18/h6-7,12H,2-5,8-11H2,1H3,(H,17,20). The molecule has 0 saturated carbocycles. The lowest BCUT2D eigenvalue weighted by atomic mass is 10.1. The lowest BCUT2D eigenvalue weighted by Gasteiger charge is -2.26. The normalized spacial score (nSPS) is 15.3. The second-order valence-corrected chi connectivity index (χ2v) is 6.50. The summed E-state index contributed by atoms with van der Waals surface area (Å²) in [7, 11) is 0. The van der Waals surface area contributed by atoms with Gasteiger partial charge in [0.25, 0.3) is 11.6 Å². The van der Waals surface area contributed by atoms with E-state index >= 15 is 0 Å². The highest BCUT2D eigenvalue weighted by atomic mass is 32.2. The first-order valence-corrected chi connectivity index (χ1v) is 9.17.